The lowest BCUT2D eigenvalue weighted by molar-refractivity contribution is -0.180. The number of carboxylic acid groups (broad SMARTS) is 2. The maximum atomic E-state index is 12.2. The highest BCUT2D eigenvalue weighted by molar-refractivity contribution is 5.89. The molecule has 4 aromatic carbocycles. The van der Waals surface area contributed by atoms with Gasteiger partial charge in [-0.25, -0.2) is 9.59 Å². The average Bonchev–Trinajstić information content (AvgIpc) is 3.24. The molecule has 0 bridgehead atoms. The molecule has 0 spiro atoms. The topological polar surface area (TPSA) is 164 Å². The summed E-state index contributed by atoms with van der Waals surface area (Å²) < 4.78 is 35.0. The van der Waals surface area contributed by atoms with E-state index in [-0.39, 0.29) is 31.1 Å². The number of benzene rings is 4. The van der Waals surface area contributed by atoms with Crippen LogP contribution in [0.2, 0.25) is 0 Å². The molecular formula is C37H34O12. The van der Waals surface area contributed by atoms with Gasteiger partial charge in [-0.3, -0.25) is 9.59 Å². The quantitative estimate of drug-likeness (QED) is 0.183. The predicted octanol–water partition coefficient (Wildman–Crippen LogP) is 5.48. The molecule has 1 saturated heterocycles. The molecular weight excluding hydrogens is 636 g/mol. The van der Waals surface area contributed by atoms with E-state index in [1.807, 2.05) is 24.3 Å². The number of carbonyl (C=O) groups excluding carboxylic acids is 2. The van der Waals surface area contributed by atoms with Crippen molar-refractivity contribution in [1.29, 1.82) is 0 Å². The Morgan fingerprint density at radius 2 is 0.857 bits per heavy atom. The van der Waals surface area contributed by atoms with E-state index in [1.165, 1.54) is 38.1 Å². The summed E-state index contributed by atoms with van der Waals surface area (Å²) in [6.45, 7) is 2.09. The first-order chi connectivity index (χ1) is 23.6. The number of carboxylic acids is 2. The summed E-state index contributed by atoms with van der Waals surface area (Å²) in [6.07, 6.45) is -3.96. The molecule has 0 aromatic heterocycles. The van der Waals surface area contributed by atoms with E-state index in [4.69, 9.17) is 38.6 Å². The molecule has 0 saturated carbocycles. The van der Waals surface area contributed by atoms with E-state index in [2.05, 4.69) is 0 Å². The summed E-state index contributed by atoms with van der Waals surface area (Å²) in [5, 5.41) is 18.3. The Kier molecular flexibility index (Phi) is 11.2. The fourth-order valence-electron chi connectivity index (χ4n) is 5.24. The third-order valence-electron chi connectivity index (χ3n) is 7.69. The standard InChI is InChI=1S/C37H34O12/c1-22(38)48-34-32(19-44-30-15-11-26(12-16-30)24-3-7-28(8-4-24)36(40)41)46-21-47-33(35(34)49-23(2)39)20-45-31-17-13-27(14-18-31)25-5-9-29(10-6-25)37(42)43/h3-18,32-35H,19-21H2,1-2H3,(H,40,41)(H,42,43)/t32-,33-,34-,35-/m1/s1. The molecule has 1 aliphatic heterocycles. The summed E-state index contributed by atoms with van der Waals surface area (Å²) in [7, 11) is 0. The number of esters is 2. The highest BCUT2D eigenvalue weighted by atomic mass is 16.7. The Balaban J connectivity index is 1.25. The first-order valence-corrected chi connectivity index (χ1v) is 15.3. The van der Waals surface area contributed by atoms with Crippen molar-refractivity contribution in [3.05, 3.63) is 108 Å². The summed E-state index contributed by atoms with van der Waals surface area (Å²) in [5.41, 5.74) is 3.74. The summed E-state index contributed by atoms with van der Waals surface area (Å²) in [5.74, 6) is -2.26. The molecule has 2 N–H and O–H groups in total. The molecule has 4 atom stereocenters. The number of carbonyl (C=O) groups is 4. The highest BCUT2D eigenvalue weighted by Crippen LogP contribution is 2.28. The van der Waals surface area contributed by atoms with Crippen molar-refractivity contribution in [3.63, 3.8) is 0 Å². The van der Waals surface area contributed by atoms with Crippen molar-refractivity contribution in [2.75, 3.05) is 20.0 Å². The van der Waals surface area contributed by atoms with Crippen LogP contribution in [-0.4, -0.2) is 78.5 Å². The van der Waals surface area contributed by atoms with Crippen LogP contribution in [0.3, 0.4) is 0 Å². The molecule has 12 nitrogen and oxygen atoms in total. The summed E-state index contributed by atoms with van der Waals surface area (Å²) >= 11 is 0. The number of aromatic carboxylic acids is 2. The second-order valence-electron chi connectivity index (χ2n) is 11.1. The number of rotatable bonds is 12. The fourth-order valence-corrected chi connectivity index (χ4v) is 5.24. The second-order valence-corrected chi connectivity index (χ2v) is 11.1. The monoisotopic (exact) mass is 670 g/mol. The zero-order valence-electron chi connectivity index (χ0n) is 26.6. The molecule has 49 heavy (non-hydrogen) atoms. The van der Waals surface area contributed by atoms with E-state index >= 15 is 0 Å². The highest BCUT2D eigenvalue weighted by Gasteiger charge is 2.44. The van der Waals surface area contributed by atoms with Gasteiger partial charge in [0.25, 0.3) is 0 Å². The van der Waals surface area contributed by atoms with Crippen LogP contribution in [0, 0.1) is 0 Å². The van der Waals surface area contributed by atoms with Gasteiger partial charge in [-0.05, 0) is 70.8 Å². The molecule has 5 rings (SSSR count). The Bertz CT molecular complexity index is 1620. The predicted molar refractivity (Wildman–Crippen MR) is 174 cm³/mol. The van der Waals surface area contributed by atoms with E-state index in [0.717, 1.165) is 22.3 Å². The van der Waals surface area contributed by atoms with Gasteiger partial charge in [-0.2, -0.15) is 0 Å². The van der Waals surface area contributed by atoms with Gasteiger partial charge >= 0.3 is 23.9 Å². The maximum absolute atomic E-state index is 12.2. The van der Waals surface area contributed by atoms with Gasteiger partial charge in [0.15, 0.2) is 12.2 Å². The Morgan fingerprint density at radius 3 is 1.14 bits per heavy atom. The van der Waals surface area contributed by atoms with Gasteiger partial charge in [0.05, 0.1) is 11.1 Å². The molecule has 0 radical (unpaired) electrons. The first kappa shape index (κ1) is 34.6. The van der Waals surface area contributed by atoms with Gasteiger partial charge in [-0.1, -0.05) is 48.5 Å². The first-order valence-electron chi connectivity index (χ1n) is 15.3. The fraction of sp³-hybridized carbons (Fsp3) is 0.243. The largest absolute Gasteiger partial charge is 0.491 e. The van der Waals surface area contributed by atoms with Crippen molar-refractivity contribution in [2.45, 2.75) is 38.3 Å². The van der Waals surface area contributed by atoms with Crippen molar-refractivity contribution in [1.82, 2.24) is 0 Å². The van der Waals surface area contributed by atoms with Crippen molar-refractivity contribution < 1.29 is 57.8 Å². The van der Waals surface area contributed by atoms with Crippen LogP contribution in [0.25, 0.3) is 22.3 Å². The van der Waals surface area contributed by atoms with E-state index < -0.39 is 48.3 Å². The minimum Gasteiger partial charge on any atom is -0.491 e. The molecule has 4 aromatic rings. The molecule has 1 fully saturated rings. The summed E-state index contributed by atoms with van der Waals surface area (Å²) in [6, 6.07) is 27.3. The van der Waals surface area contributed by atoms with Gasteiger partial charge in [0.1, 0.15) is 43.7 Å². The average molecular weight is 671 g/mol. The van der Waals surface area contributed by atoms with Gasteiger partial charge in [0.2, 0.25) is 0 Å². The Morgan fingerprint density at radius 1 is 0.551 bits per heavy atom. The van der Waals surface area contributed by atoms with Crippen LogP contribution in [0.4, 0.5) is 0 Å². The van der Waals surface area contributed by atoms with Gasteiger partial charge in [-0.15, -0.1) is 0 Å². The van der Waals surface area contributed by atoms with Crippen molar-refractivity contribution in [2.24, 2.45) is 0 Å². The number of ether oxygens (including phenoxy) is 6. The Labute approximate surface area is 281 Å². The second kappa shape index (κ2) is 15.9. The number of hydrogen-bond donors (Lipinski definition) is 2. The van der Waals surface area contributed by atoms with Crippen LogP contribution in [0.15, 0.2) is 97.1 Å². The van der Waals surface area contributed by atoms with E-state index in [1.54, 1.807) is 48.5 Å². The SMILES string of the molecule is CC(=O)O[C@H]1[C@H](OC(C)=O)[C@@H](COc2ccc(-c3ccc(C(=O)O)cc3)cc2)OCO[C@@H]1COc1ccc(-c2ccc(C(=O)O)cc2)cc1. The zero-order valence-corrected chi connectivity index (χ0v) is 26.6. The minimum absolute atomic E-state index is 0.0752. The smallest absolute Gasteiger partial charge is 0.335 e. The maximum Gasteiger partial charge on any atom is 0.335 e. The third kappa shape index (κ3) is 9.21. The third-order valence-corrected chi connectivity index (χ3v) is 7.69. The molecule has 254 valence electrons. The van der Waals surface area contributed by atoms with Crippen LogP contribution in [-0.2, 0) is 28.5 Å². The van der Waals surface area contributed by atoms with Gasteiger partial charge in [0, 0.05) is 13.8 Å². The van der Waals surface area contributed by atoms with E-state index in [9.17, 15) is 19.2 Å². The zero-order chi connectivity index (χ0) is 34.9. The lowest BCUT2D eigenvalue weighted by Gasteiger charge is -2.32. The molecule has 0 aliphatic carbocycles. The molecule has 0 amide bonds. The van der Waals surface area contributed by atoms with Crippen LogP contribution in [0.1, 0.15) is 34.6 Å². The van der Waals surface area contributed by atoms with Crippen molar-refractivity contribution >= 4 is 23.9 Å². The molecule has 1 aliphatic rings. The molecule has 12 heteroatoms. The molecule has 1 heterocycles. The molecule has 0 unspecified atom stereocenters. The van der Waals surface area contributed by atoms with Crippen molar-refractivity contribution in [3.8, 4) is 33.8 Å². The Hall–Kier alpha value is -5.72. The van der Waals surface area contributed by atoms with Crippen LogP contribution >= 0.6 is 0 Å². The minimum atomic E-state index is -1.10. The van der Waals surface area contributed by atoms with E-state index in [0.29, 0.717) is 11.5 Å². The lowest BCUT2D eigenvalue weighted by atomic mass is 10.0. The summed E-state index contributed by atoms with van der Waals surface area (Å²) in [4.78, 5) is 46.7. The van der Waals surface area contributed by atoms with Gasteiger partial charge < -0.3 is 38.6 Å². The van der Waals surface area contributed by atoms with Crippen LogP contribution in [0.5, 0.6) is 11.5 Å². The lowest BCUT2D eigenvalue weighted by Crippen LogP contribution is -2.51. The normalized spacial score (nSPS) is 18.8. The van der Waals surface area contributed by atoms with Crippen LogP contribution < -0.4 is 9.47 Å². The number of hydrogen-bond acceptors (Lipinski definition) is 10.